The summed E-state index contributed by atoms with van der Waals surface area (Å²) >= 11 is 1.76. The normalized spacial score (nSPS) is 26.7. The molecule has 1 fully saturated rings. The highest BCUT2D eigenvalue weighted by molar-refractivity contribution is 7.18. The van der Waals surface area contributed by atoms with E-state index in [0.717, 1.165) is 41.0 Å². The fourth-order valence-corrected chi connectivity index (χ4v) is 8.88. The number of fused-ring (bicyclic) bond motifs is 9. The van der Waals surface area contributed by atoms with Gasteiger partial charge in [-0.3, -0.25) is 9.36 Å². The molecule has 0 amide bonds. The summed E-state index contributed by atoms with van der Waals surface area (Å²) in [7, 11) is 1.75. The number of hydrogen-bond acceptors (Lipinski definition) is 5. The SMILES string of the molecule is COc1ccc2c(c1)CC[C@H]1[C@H]3Cc4sc5ncn(CCc6ccco6)c(=O)c5c4[C@]3(C)CC[C@@H]21. The second-order valence-corrected chi connectivity index (χ2v) is 11.9. The molecule has 4 atom stereocenters. The molecule has 3 aliphatic rings. The molecule has 180 valence electrons. The first kappa shape index (κ1) is 21.4. The third-order valence-electron chi connectivity index (χ3n) is 9.23. The maximum Gasteiger partial charge on any atom is 0.262 e. The molecule has 0 bridgehead atoms. The lowest BCUT2D eigenvalue weighted by atomic mass is 9.55. The summed E-state index contributed by atoms with van der Waals surface area (Å²) in [4.78, 5) is 20.8. The van der Waals surface area contributed by atoms with Gasteiger partial charge in [0.1, 0.15) is 16.3 Å². The van der Waals surface area contributed by atoms with Gasteiger partial charge in [0.15, 0.2) is 0 Å². The first-order chi connectivity index (χ1) is 17.1. The second kappa shape index (κ2) is 7.82. The third kappa shape index (κ3) is 3.11. The summed E-state index contributed by atoms with van der Waals surface area (Å²) in [5.41, 5.74) is 4.50. The molecule has 1 saturated carbocycles. The van der Waals surface area contributed by atoms with Crippen molar-refractivity contribution >= 4 is 21.6 Å². The molecule has 6 heteroatoms. The van der Waals surface area contributed by atoms with E-state index in [1.807, 2.05) is 12.1 Å². The number of methoxy groups -OCH3 is 1. The average Bonchev–Trinajstić information content (AvgIpc) is 3.58. The van der Waals surface area contributed by atoms with Gasteiger partial charge in [0.2, 0.25) is 0 Å². The van der Waals surface area contributed by atoms with Gasteiger partial charge < -0.3 is 9.15 Å². The molecule has 4 aromatic rings. The van der Waals surface area contributed by atoms with Crippen LogP contribution in [0.2, 0.25) is 0 Å². The molecule has 0 unspecified atom stereocenters. The van der Waals surface area contributed by atoms with E-state index in [-0.39, 0.29) is 11.0 Å². The van der Waals surface area contributed by atoms with Gasteiger partial charge in [0.25, 0.3) is 5.56 Å². The standard InChI is InChI=1S/C29H30N2O3S/c1-29-11-9-21-20-8-6-19(33-2)14-17(20)5-7-22(21)23(29)15-24-26(29)25-27(35-24)30-16-31(28(25)32)12-10-18-4-3-13-34-18/h3-4,6,8,13-14,16,21-23H,5,7,9-12,15H2,1-2H3/t21-,22+,23+,29+/m0/s1. The van der Waals surface area contributed by atoms with Crippen molar-refractivity contribution in [3.63, 3.8) is 0 Å². The molecular formula is C29H30N2O3S. The summed E-state index contributed by atoms with van der Waals surface area (Å²) in [6.45, 7) is 3.03. The molecule has 0 aliphatic heterocycles. The molecule has 3 aromatic heterocycles. The number of benzene rings is 1. The van der Waals surface area contributed by atoms with Crippen molar-refractivity contribution in [3.8, 4) is 5.75 Å². The Kier molecular flexibility index (Phi) is 4.79. The minimum atomic E-state index is 0.0553. The van der Waals surface area contributed by atoms with Gasteiger partial charge in [-0.25, -0.2) is 4.98 Å². The molecule has 3 heterocycles. The number of furan rings is 1. The van der Waals surface area contributed by atoms with Crippen LogP contribution in [0.15, 0.2) is 52.1 Å². The number of ether oxygens (including phenoxy) is 1. The number of thiophene rings is 1. The van der Waals surface area contributed by atoms with Crippen LogP contribution in [-0.4, -0.2) is 16.7 Å². The van der Waals surface area contributed by atoms with E-state index in [1.54, 1.807) is 35.6 Å². The van der Waals surface area contributed by atoms with E-state index in [4.69, 9.17) is 14.1 Å². The maximum atomic E-state index is 13.7. The van der Waals surface area contributed by atoms with Gasteiger partial charge in [-0.2, -0.15) is 0 Å². The first-order valence-electron chi connectivity index (χ1n) is 12.8. The largest absolute Gasteiger partial charge is 0.497 e. The Hall–Kier alpha value is -2.86. The lowest BCUT2D eigenvalue weighted by Crippen LogP contribution is -2.43. The minimum Gasteiger partial charge on any atom is -0.497 e. The van der Waals surface area contributed by atoms with E-state index in [0.29, 0.717) is 30.7 Å². The first-order valence-corrected chi connectivity index (χ1v) is 13.6. The average molecular weight is 487 g/mol. The van der Waals surface area contributed by atoms with Crippen LogP contribution in [0.4, 0.5) is 0 Å². The lowest BCUT2D eigenvalue weighted by molar-refractivity contribution is 0.106. The van der Waals surface area contributed by atoms with Crippen molar-refractivity contribution in [2.24, 2.45) is 11.8 Å². The Morgan fingerprint density at radius 2 is 2.20 bits per heavy atom. The van der Waals surface area contributed by atoms with Crippen LogP contribution in [0.5, 0.6) is 5.75 Å². The molecule has 0 saturated heterocycles. The molecule has 3 aliphatic carbocycles. The molecular weight excluding hydrogens is 456 g/mol. The summed E-state index contributed by atoms with van der Waals surface area (Å²) in [6, 6.07) is 10.5. The van der Waals surface area contributed by atoms with Crippen LogP contribution in [0.3, 0.4) is 0 Å². The Morgan fingerprint density at radius 3 is 3.03 bits per heavy atom. The van der Waals surface area contributed by atoms with E-state index in [2.05, 4.69) is 25.1 Å². The number of hydrogen-bond donors (Lipinski definition) is 0. The Labute approximate surface area is 208 Å². The Morgan fingerprint density at radius 1 is 1.29 bits per heavy atom. The van der Waals surface area contributed by atoms with Crippen LogP contribution < -0.4 is 10.3 Å². The molecule has 5 nitrogen and oxygen atoms in total. The fourth-order valence-electron chi connectivity index (χ4n) is 7.56. The topological polar surface area (TPSA) is 57.3 Å². The van der Waals surface area contributed by atoms with Crippen LogP contribution in [0.25, 0.3) is 10.2 Å². The maximum absolute atomic E-state index is 13.7. The van der Waals surface area contributed by atoms with Crippen molar-refractivity contribution in [1.82, 2.24) is 9.55 Å². The van der Waals surface area contributed by atoms with Gasteiger partial charge >= 0.3 is 0 Å². The van der Waals surface area contributed by atoms with Crippen LogP contribution in [0.1, 0.15) is 59.4 Å². The zero-order valence-electron chi connectivity index (χ0n) is 20.3. The highest BCUT2D eigenvalue weighted by Gasteiger charge is 2.54. The van der Waals surface area contributed by atoms with Crippen molar-refractivity contribution in [1.29, 1.82) is 0 Å². The summed E-state index contributed by atoms with van der Waals surface area (Å²) in [5, 5.41) is 0.886. The van der Waals surface area contributed by atoms with Crippen LogP contribution in [-0.2, 0) is 31.2 Å². The van der Waals surface area contributed by atoms with E-state index >= 15 is 0 Å². The zero-order valence-corrected chi connectivity index (χ0v) is 21.1. The van der Waals surface area contributed by atoms with E-state index < -0.39 is 0 Å². The van der Waals surface area contributed by atoms with Gasteiger partial charge in [0, 0.05) is 17.8 Å². The molecule has 1 aromatic carbocycles. The summed E-state index contributed by atoms with van der Waals surface area (Å²) in [5.74, 6) is 3.74. The van der Waals surface area contributed by atoms with E-state index in [9.17, 15) is 4.79 Å². The molecule has 0 N–H and O–H groups in total. The van der Waals surface area contributed by atoms with Gasteiger partial charge in [-0.1, -0.05) is 13.0 Å². The third-order valence-corrected chi connectivity index (χ3v) is 10.4. The van der Waals surface area contributed by atoms with Crippen molar-refractivity contribution in [2.75, 3.05) is 7.11 Å². The minimum absolute atomic E-state index is 0.0553. The molecule has 35 heavy (non-hydrogen) atoms. The number of rotatable bonds is 4. The summed E-state index contributed by atoms with van der Waals surface area (Å²) < 4.78 is 12.8. The van der Waals surface area contributed by atoms with Crippen molar-refractivity contribution in [2.45, 2.75) is 63.3 Å². The second-order valence-electron chi connectivity index (χ2n) is 10.8. The number of aryl methyl sites for hydroxylation is 3. The van der Waals surface area contributed by atoms with E-state index in [1.165, 1.54) is 34.4 Å². The fraction of sp³-hybridized carbons (Fsp3) is 0.448. The van der Waals surface area contributed by atoms with Crippen molar-refractivity contribution < 1.29 is 9.15 Å². The number of nitrogens with zero attached hydrogens (tertiary/aromatic N) is 2. The van der Waals surface area contributed by atoms with Gasteiger partial charge in [-0.15, -0.1) is 11.3 Å². The highest BCUT2D eigenvalue weighted by atomic mass is 32.1. The quantitative estimate of drug-likeness (QED) is 0.362. The number of aromatic nitrogens is 2. The van der Waals surface area contributed by atoms with Crippen LogP contribution in [0, 0.1) is 11.8 Å². The molecule has 0 spiro atoms. The van der Waals surface area contributed by atoms with Crippen molar-refractivity contribution in [3.05, 3.63) is 80.6 Å². The lowest BCUT2D eigenvalue weighted by Gasteiger charge is -2.49. The van der Waals surface area contributed by atoms with Gasteiger partial charge in [-0.05, 0) is 96.2 Å². The Bertz CT molecular complexity index is 1480. The molecule has 7 rings (SSSR count). The monoisotopic (exact) mass is 486 g/mol. The summed E-state index contributed by atoms with van der Waals surface area (Å²) in [6.07, 6.45) is 9.85. The highest BCUT2D eigenvalue weighted by Crippen LogP contribution is 2.62. The predicted molar refractivity (Wildman–Crippen MR) is 138 cm³/mol. The Balaban J connectivity index is 1.25. The predicted octanol–water partition coefficient (Wildman–Crippen LogP) is 5.87. The zero-order chi connectivity index (χ0) is 23.7. The van der Waals surface area contributed by atoms with Crippen LogP contribution >= 0.6 is 11.3 Å². The smallest absolute Gasteiger partial charge is 0.262 e. The molecule has 0 radical (unpaired) electrons. The van der Waals surface area contributed by atoms with Gasteiger partial charge in [0.05, 0.1) is 25.1 Å².